The van der Waals surface area contributed by atoms with E-state index in [4.69, 9.17) is 0 Å². The van der Waals surface area contributed by atoms with Crippen LogP contribution in [-0.2, 0) is 6.42 Å². The van der Waals surface area contributed by atoms with Gasteiger partial charge in [-0.1, -0.05) is 39.3 Å². The molecule has 1 atom stereocenters. The number of benzene rings is 1. The third-order valence-electron chi connectivity index (χ3n) is 3.30. The van der Waals surface area contributed by atoms with Crippen LogP contribution >= 0.6 is 15.9 Å². The highest BCUT2D eigenvalue weighted by atomic mass is 79.9. The lowest BCUT2D eigenvalue weighted by Gasteiger charge is -2.30. The zero-order valence-corrected chi connectivity index (χ0v) is 13.1. The largest absolute Gasteiger partial charge is 0.316 e. The van der Waals surface area contributed by atoms with Gasteiger partial charge in [-0.2, -0.15) is 0 Å². The lowest BCUT2D eigenvalue weighted by molar-refractivity contribution is 0.277. The molecule has 18 heavy (non-hydrogen) atoms. The fourth-order valence-electron chi connectivity index (χ4n) is 2.41. The molecular formula is C15H23BrFN. The average molecular weight is 316 g/mol. The molecule has 1 nitrogen and oxygen atoms in total. The molecule has 0 radical (unpaired) electrons. The molecule has 0 aliphatic rings. The maximum absolute atomic E-state index is 13.5. The Bertz CT molecular complexity index is 381. The van der Waals surface area contributed by atoms with Crippen molar-refractivity contribution in [3.8, 4) is 0 Å². The minimum Gasteiger partial charge on any atom is -0.316 e. The van der Waals surface area contributed by atoms with Crippen molar-refractivity contribution < 1.29 is 4.39 Å². The maximum atomic E-state index is 13.5. The summed E-state index contributed by atoms with van der Waals surface area (Å²) < 4.78 is 14.1. The average Bonchev–Trinajstić information content (AvgIpc) is 2.33. The van der Waals surface area contributed by atoms with Gasteiger partial charge in [-0.15, -0.1) is 0 Å². The van der Waals surface area contributed by atoms with Gasteiger partial charge in [0.2, 0.25) is 0 Å². The summed E-state index contributed by atoms with van der Waals surface area (Å²) in [6.07, 6.45) is 3.18. The van der Waals surface area contributed by atoms with Crippen molar-refractivity contribution in [2.24, 2.45) is 5.41 Å². The summed E-state index contributed by atoms with van der Waals surface area (Å²) in [4.78, 5) is 0. The van der Waals surface area contributed by atoms with Crippen molar-refractivity contribution in [2.75, 3.05) is 13.1 Å². The van der Waals surface area contributed by atoms with Crippen LogP contribution < -0.4 is 5.32 Å². The monoisotopic (exact) mass is 315 g/mol. The van der Waals surface area contributed by atoms with Gasteiger partial charge in [0.05, 0.1) is 4.47 Å². The van der Waals surface area contributed by atoms with Crippen molar-refractivity contribution in [1.29, 1.82) is 0 Å². The van der Waals surface area contributed by atoms with Gasteiger partial charge >= 0.3 is 0 Å². The van der Waals surface area contributed by atoms with Crippen LogP contribution in [0.15, 0.2) is 22.7 Å². The second kappa shape index (κ2) is 7.25. The first kappa shape index (κ1) is 15.6. The summed E-state index contributed by atoms with van der Waals surface area (Å²) in [5.74, 6) is -0.171. The van der Waals surface area contributed by atoms with E-state index in [-0.39, 0.29) is 11.2 Å². The summed E-state index contributed by atoms with van der Waals surface area (Å²) in [7, 11) is 0. The van der Waals surface area contributed by atoms with Gasteiger partial charge in [0.1, 0.15) is 5.82 Å². The Morgan fingerprint density at radius 1 is 1.33 bits per heavy atom. The van der Waals surface area contributed by atoms with Crippen LogP contribution in [0.1, 0.15) is 39.2 Å². The molecule has 0 heterocycles. The van der Waals surface area contributed by atoms with Gasteiger partial charge in [0, 0.05) is 6.54 Å². The Kier molecular flexibility index (Phi) is 6.30. The van der Waals surface area contributed by atoms with Crippen molar-refractivity contribution in [3.63, 3.8) is 0 Å². The van der Waals surface area contributed by atoms with Gasteiger partial charge in [0.25, 0.3) is 0 Å². The highest BCUT2D eigenvalue weighted by molar-refractivity contribution is 9.10. The highest BCUT2D eigenvalue weighted by Gasteiger charge is 2.24. The summed E-state index contributed by atoms with van der Waals surface area (Å²) in [6, 6.07) is 5.29. The first-order valence-electron chi connectivity index (χ1n) is 6.66. The molecule has 1 N–H and O–H groups in total. The normalized spacial score (nSPS) is 14.5. The quantitative estimate of drug-likeness (QED) is 0.778. The van der Waals surface area contributed by atoms with Gasteiger partial charge in [0.15, 0.2) is 0 Å². The fourth-order valence-corrected chi connectivity index (χ4v) is 2.82. The zero-order chi connectivity index (χ0) is 13.6. The highest BCUT2D eigenvalue weighted by Crippen LogP contribution is 2.31. The Labute approximate surface area is 118 Å². The molecule has 1 aromatic rings. The summed E-state index contributed by atoms with van der Waals surface area (Å²) in [6.45, 7) is 8.54. The molecule has 0 spiro atoms. The predicted molar refractivity (Wildman–Crippen MR) is 79.4 cm³/mol. The molecule has 0 saturated carbocycles. The number of nitrogens with one attached hydrogen (secondary N) is 1. The predicted octanol–water partition coefficient (Wildman–Crippen LogP) is 4.55. The van der Waals surface area contributed by atoms with E-state index < -0.39 is 0 Å². The van der Waals surface area contributed by atoms with E-state index in [1.807, 2.05) is 6.07 Å². The van der Waals surface area contributed by atoms with Gasteiger partial charge in [-0.25, -0.2) is 4.39 Å². The number of hydrogen-bond acceptors (Lipinski definition) is 1. The van der Waals surface area contributed by atoms with E-state index >= 15 is 0 Å². The lowest BCUT2D eigenvalue weighted by atomic mass is 9.79. The molecule has 1 unspecified atom stereocenters. The second-order valence-electron chi connectivity index (χ2n) is 5.23. The van der Waals surface area contributed by atoms with Gasteiger partial charge in [-0.05, 0) is 52.4 Å². The third-order valence-corrected chi connectivity index (χ3v) is 4.19. The van der Waals surface area contributed by atoms with Crippen LogP contribution in [-0.4, -0.2) is 13.1 Å². The van der Waals surface area contributed by atoms with Crippen LogP contribution in [0.25, 0.3) is 0 Å². The van der Waals surface area contributed by atoms with E-state index in [0.29, 0.717) is 4.47 Å². The first-order chi connectivity index (χ1) is 8.52. The van der Waals surface area contributed by atoms with E-state index in [9.17, 15) is 4.39 Å². The Morgan fingerprint density at radius 2 is 2.06 bits per heavy atom. The van der Waals surface area contributed by atoms with E-state index in [1.54, 1.807) is 6.07 Å². The van der Waals surface area contributed by atoms with Crippen LogP contribution in [0.2, 0.25) is 0 Å². The smallest absolute Gasteiger partial charge is 0.137 e. The van der Waals surface area contributed by atoms with Crippen molar-refractivity contribution in [3.05, 3.63) is 34.1 Å². The summed E-state index contributed by atoms with van der Waals surface area (Å²) >= 11 is 3.36. The van der Waals surface area contributed by atoms with Crippen molar-refractivity contribution in [1.82, 2.24) is 5.32 Å². The second-order valence-corrected chi connectivity index (χ2v) is 6.02. The van der Waals surface area contributed by atoms with Crippen LogP contribution in [0, 0.1) is 11.2 Å². The SMILES string of the molecule is CCCC(C)(CNCC)Cc1cccc(F)c1Br. The molecular weight excluding hydrogens is 293 g/mol. The molecule has 0 amide bonds. The van der Waals surface area contributed by atoms with Crippen LogP contribution in [0.4, 0.5) is 4.39 Å². The Hall–Kier alpha value is -0.410. The Morgan fingerprint density at radius 3 is 2.67 bits per heavy atom. The molecule has 0 aliphatic carbocycles. The standard InChI is InChI=1S/C15H23BrFN/c1-4-9-15(3,11-18-5-2)10-12-7-6-8-13(17)14(12)16/h6-8,18H,4-5,9-11H2,1-3H3. The number of rotatable bonds is 7. The molecule has 0 fully saturated rings. The molecule has 102 valence electrons. The van der Waals surface area contributed by atoms with Crippen LogP contribution in [0.5, 0.6) is 0 Å². The number of hydrogen-bond donors (Lipinski definition) is 1. The van der Waals surface area contributed by atoms with E-state index in [0.717, 1.165) is 37.9 Å². The van der Waals surface area contributed by atoms with Crippen molar-refractivity contribution >= 4 is 15.9 Å². The maximum Gasteiger partial charge on any atom is 0.137 e. The molecule has 3 heteroatoms. The fraction of sp³-hybridized carbons (Fsp3) is 0.600. The van der Waals surface area contributed by atoms with Gasteiger partial charge in [-0.3, -0.25) is 0 Å². The molecule has 1 aromatic carbocycles. The van der Waals surface area contributed by atoms with Crippen LogP contribution in [0.3, 0.4) is 0 Å². The topological polar surface area (TPSA) is 12.0 Å². The molecule has 0 aliphatic heterocycles. The molecule has 0 aromatic heterocycles. The van der Waals surface area contributed by atoms with Gasteiger partial charge < -0.3 is 5.32 Å². The lowest BCUT2D eigenvalue weighted by Crippen LogP contribution is -2.33. The third kappa shape index (κ3) is 4.36. The zero-order valence-electron chi connectivity index (χ0n) is 11.5. The van der Waals surface area contributed by atoms with Crippen molar-refractivity contribution in [2.45, 2.75) is 40.0 Å². The minimum absolute atomic E-state index is 0.171. The van der Waals surface area contributed by atoms with E-state index in [2.05, 4.69) is 42.0 Å². The Balaban J connectivity index is 2.85. The van der Waals surface area contributed by atoms with E-state index in [1.165, 1.54) is 6.07 Å². The molecule has 0 saturated heterocycles. The summed E-state index contributed by atoms with van der Waals surface area (Å²) in [5.41, 5.74) is 1.24. The molecule has 0 bridgehead atoms. The first-order valence-corrected chi connectivity index (χ1v) is 7.45. The molecule has 1 rings (SSSR count). The minimum atomic E-state index is -0.171. The number of halogens is 2. The summed E-state index contributed by atoms with van der Waals surface area (Å²) in [5, 5.41) is 3.42.